The van der Waals surface area contributed by atoms with Gasteiger partial charge in [-0.3, -0.25) is 9.59 Å². The molecule has 1 saturated carbocycles. The van der Waals surface area contributed by atoms with E-state index in [4.69, 9.17) is 0 Å². The molecule has 3 N–H and O–H groups in total. The summed E-state index contributed by atoms with van der Waals surface area (Å²) in [4.78, 5) is 24.0. The second-order valence-corrected chi connectivity index (χ2v) is 8.56. The third kappa shape index (κ3) is 4.58. The number of hydrogen-bond donors (Lipinski definition) is 3. The van der Waals surface area contributed by atoms with Crippen molar-refractivity contribution in [1.29, 1.82) is 0 Å². The van der Waals surface area contributed by atoms with E-state index in [1.54, 1.807) is 18.2 Å². The van der Waals surface area contributed by atoms with Crippen LogP contribution in [0.3, 0.4) is 0 Å². The Labute approximate surface area is 147 Å². The third-order valence-corrected chi connectivity index (χ3v) is 5.44. The lowest BCUT2D eigenvalue weighted by Gasteiger charge is -2.32. The normalized spacial score (nSPS) is 23.5. The van der Waals surface area contributed by atoms with Crippen molar-refractivity contribution in [3.8, 4) is 0 Å². The van der Waals surface area contributed by atoms with Gasteiger partial charge in [0.2, 0.25) is 15.9 Å². The van der Waals surface area contributed by atoms with Crippen molar-refractivity contribution in [2.45, 2.75) is 50.6 Å². The number of fused-ring (bicyclic) bond motifs is 1. The highest BCUT2D eigenvalue weighted by Gasteiger charge is 2.29. The summed E-state index contributed by atoms with van der Waals surface area (Å²) in [6.07, 6.45) is 5.54. The van der Waals surface area contributed by atoms with Crippen LogP contribution in [0.2, 0.25) is 0 Å². The summed E-state index contributed by atoms with van der Waals surface area (Å²) < 4.78 is 25.7. The average Bonchev–Trinajstić information content (AvgIpc) is 2.54. The van der Waals surface area contributed by atoms with E-state index in [0.29, 0.717) is 24.8 Å². The maximum absolute atomic E-state index is 12.6. The smallest absolute Gasteiger partial charge is 0.251 e. The van der Waals surface area contributed by atoms with Crippen LogP contribution in [-0.2, 0) is 21.2 Å². The molecule has 2 aliphatic rings. The molecule has 1 aliphatic carbocycles. The number of sulfonamides is 1. The molecule has 0 spiro atoms. The van der Waals surface area contributed by atoms with E-state index in [9.17, 15) is 18.0 Å². The highest BCUT2D eigenvalue weighted by molar-refractivity contribution is 7.88. The molecule has 7 nitrogen and oxygen atoms in total. The van der Waals surface area contributed by atoms with Gasteiger partial charge in [-0.15, -0.1) is 0 Å². The highest BCUT2D eigenvalue weighted by Crippen LogP contribution is 2.24. The van der Waals surface area contributed by atoms with Crippen LogP contribution < -0.4 is 15.4 Å². The molecule has 2 amide bonds. The first-order valence-corrected chi connectivity index (χ1v) is 10.4. The Bertz CT molecular complexity index is 791. The van der Waals surface area contributed by atoms with Gasteiger partial charge in [-0.05, 0) is 43.0 Å². The minimum Gasteiger partial charge on any atom is -0.348 e. The molecule has 8 heteroatoms. The Hall–Kier alpha value is -1.93. The molecule has 0 radical (unpaired) electrons. The summed E-state index contributed by atoms with van der Waals surface area (Å²) >= 11 is 0. The molecule has 3 rings (SSSR count). The topological polar surface area (TPSA) is 104 Å². The third-order valence-electron chi connectivity index (χ3n) is 4.71. The van der Waals surface area contributed by atoms with Crippen molar-refractivity contribution in [2.24, 2.45) is 0 Å². The van der Waals surface area contributed by atoms with Crippen LogP contribution in [0.1, 0.15) is 48.0 Å². The van der Waals surface area contributed by atoms with Gasteiger partial charge in [0.15, 0.2) is 0 Å². The monoisotopic (exact) mass is 365 g/mol. The van der Waals surface area contributed by atoms with E-state index in [0.717, 1.165) is 36.8 Å². The molecular formula is C17H23N3O4S. The van der Waals surface area contributed by atoms with Crippen molar-refractivity contribution in [3.63, 3.8) is 0 Å². The zero-order valence-corrected chi connectivity index (χ0v) is 15.0. The number of carbonyl (C=O) groups excluding carboxylic acids is 2. The maximum atomic E-state index is 12.6. The molecule has 0 saturated heterocycles. The number of nitrogens with one attached hydrogen (secondary N) is 3. The molecule has 1 aromatic rings. The summed E-state index contributed by atoms with van der Waals surface area (Å²) in [6, 6.07) is 4.73. The van der Waals surface area contributed by atoms with Gasteiger partial charge in [0.1, 0.15) is 0 Å². The predicted octanol–water partition coefficient (Wildman–Crippen LogP) is 1.16. The molecule has 1 aromatic carbocycles. The number of carbonyl (C=O) groups is 2. The second-order valence-electron chi connectivity index (χ2n) is 6.78. The van der Waals surface area contributed by atoms with Crippen molar-refractivity contribution in [1.82, 2.24) is 10.0 Å². The first kappa shape index (κ1) is 17.9. The Morgan fingerprint density at radius 2 is 1.88 bits per heavy atom. The lowest BCUT2D eigenvalue weighted by molar-refractivity contribution is -0.116. The van der Waals surface area contributed by atoms with Crippen molar-refractivity contribution in [2.75, 3.05) is 11.6 Å². The summed E-state index contributed by atoms with van der Waals surface area (Å²) in [5.74, 6) is -0.228. The molecule has 0 unspecified atom stereocenters. The van der Waals surface area contributed by atoms with Gasteiger partial charge in [0.05, 0.1) is 6.26 Å². The average molecular weight is 365 g/mol. The summed E-state index contributed by atoms with van der Waals surface area (Å²) in [6.45, 7) is 0. The second kappa shape index (κ2) is 7.13. The zero-order valence-electron chi connectivity index (χ0n) is 14.2. The summed E-state index contributed by atoms with van der Waals surface area (Å²) in [7, 11) is -3.32. The Morgan fingerprint density at radius 3 is 2.60 bits per heavy atom. The standard InChI is InChI=1S/C17H23N3O4S/c1-25(23,24)20-15-5-3-2-4-14(15)19-17(22)12-6-8-13-11(10-12)7-9-16(21)18-13/h6,8,10,14-15,20H,2-5,7,9H2,1H3,(H,18,21)(H,19,22)/t14-,15+/m0/s1. The van der Waals surface area contributed by atoms with Gasteiger partial charge >= 0.3 is 0 Å². The van der Waals surface area contributed by atoms with Crippen LogP contribution in [0.4, 0.5) is 5.69 Å². The first-order chi connectivity index (χ1) is 11.8. The molecule has 1 aliphatic heterocycles. The van der Waals surface area contributed by atoms with Crippen LogP contribution in [-0.4, -0.2) is 38.6 Å². The fourth-order valence-corrected chi connectivity index (χ4v) is 4.33. The van der Waals surface area contributed by atoms with E-state index in [2.05, 4.69) is 15.4 Å². The van der Waals surface area contributed by atoms with Gasteiger partial charge in [-0.25, -0.2) is 13.1 Å². The lowest BCUT2D eigenvalue weighted by atomic mass is 9.90. The molecule has 25 heavy (non-hydrogen) atoms. The van der Waals surface area contributed by atoms with Gasteiger partial charge in [-0.1, -0.05) is 12.8 Å². The molecule has 0 aromatic heterocycles. The predicted molar refractivity (Wildman–Crippen MR) is 94.9 cm³/mol. The number of benzene rings is 1. The minimum atomic E-state index is -3.32. The van der Waals surface area contributed by atoms with Crippen molar-refractivity contribution >= 4 is 27.5 Å². The van der Waals surface area contributed by atoms with Crippen LogP contribution in [0.5, 0.6) is 0 Å². The minimum absolute atomic E-state index is 0.0124. The summed E-state index contributed by atoms with van der Waals surface area (Å²) in [5.41, 5.74) is 2.22. The molecule has 1 fully saturated rings. The largest absolute Gasteiger partial charge is 0.348 e. The Kier molecular flexibility index (Phi) is 5.10. The quantitative estimate of drug-likeness (QED) is 0.745. The molecular weight excluding hydrogens is 342 g/mol. The number of anilines is 1. The molecule has 2 atom stereocenters. The zero-order chi connectivity index (χ0) is 18.0. The summed E-state index contributed by atoms with van der Waals surface area (Å²) in [5, 5.41) is 5.76. The fourth-order valence-electron chi connectivity index (χ4n) is 3.50. The van der Waals surface area contributed by atoms with E-state index in [-0.39, 0.29) is 23.9 Å². The van der Waals surface area contributed by atoms with Crippen molar-refractivity contribution in [3.05, 3.63) is 29.3 Å². The van der Waals surface area contributed by atoms with Crippen LogP contribution >= 0.6 is 0 Å². The van der Waals surface area contributed by atoms with Gasteiger partial charge < -0.3 is 10.6 Å². The lowest BCUT2D eigenvalue weighted by Crippen LogP contribution is -2.52. The number of rotatable bonds is 4. The highest BCUT2D eigenvalue weighted by atomic mass is 32.2. The van der Waals surface area contributed by atoms with Gasteiger partial charge in [-0.2, -0.15) is 0 Å². The van der Waals surface area contributed by atoms with E-state index in [1.807, 2.05) is 0 Å². The van der Waals surface area contributed by atoms with E-state index >= 15 is 0 Å². The Balaban J connectivity index is 1.71. The van der Waals surface area contributed by atoms with Gasteiger partial charge in [0, 0.05) is 29.8 Å². The number of aryl methyl sites for hydroxylation is 1. The molecule has 0 bridgehead atoms. The maximum Gasteiger partial charge on any atom is 0.251 e. The molecule has 1 heterocycles. The fraction of sp³-hybridized carbons (Fsp3) is 0.529. The van der Waals surface area contributed by atoms with Crippen LogP contribution in [0.15, 0.2) is 18.2 Å². The van der Waals surface area contributed by atoms with E-state index < -0.39 is 10.0 Å². The van der Waals surface area contributed by atoms with Crippen molar-refractivity contribution < 1.29 is 18.0 Å². The molecule has 136 valence electrons. The SMILES string of the molecule is CS(=O)(=O)N[C@@H]1CCCC[C@@H]1NC(=O)c1ccc2c(c1)CCC(=O)N2. The van der Waals surface area contributed by atoms with Crippen LogP contribution in [0.25, 0.3) is 0 Å². The van der Waals surface area contributed by atoms with Crippen LogP contribution in [0, 0.1) is 0 Å². The number of amides is 2. The Morgan fingerprint density at radius 1 is 1.16 bits per heavy atom. The first-order valence-electron chi connectivity index (χ1n) is 8.53. The van der Waals surface area contributed by atoms with E-state index in [1.165, 1.54) is 0 Å². The van der Waals surface area contributed by atoms with Gasteiger partial charge in [0.25, 0.3) is 5.91 Å². The number of hydrogen-bond acceptors (Lipinski definition) is 4.